The average molecular weight is 312 g/mol. The zero-order valence-corrected chi connectivity index (χ0v) is 13.9. The Hall–Kier alpha value is -2.14. The lowest BCUT2D eigenvalue weighted by Gasteiger charge is -2.30. The second-order valence-corrected chi connectivity index (χ2v) is 5.82. The number of para-hydroxylation sites is 1. The summed E-state index contributed by atoms with van der Waals surface area (Å²) in [4.78, 5) is 11.4. The van der Waals surface area contributed by atoms with Crippen molar-refractivity contribution in [3.63, 3.8) is 0 Å². The van der Waals surface area contributed by atoms with E-state index in [-0.39, 0.29) is 0 Å². The van der Waals surface area contributed by atoms with Crippen molar-refractivity contribution >= 4 is 17.3 Å². The Labute approximate surface area is 137 Å². The molecular formula is C18H24N4O. The molecule has 1 N–H and O–H groups in total. The standard InChI is InChI=1S/C18H24N4O/c1-14-20-17(19-10-6-12-23-2)13-18(21-14)22-11-5-8-15-7-3-4-9-16(15)22/h3-4,7,9,13H,5-6,8,10-12H2,1-2H3,(H,19,20,21). The number of anilines is 3. The highest BCUT2D eigenvalue weighted by Crippen LogP contribution is 2.32. The average Bonchev–Trinajstić information content (AvgIpc) is 2.58. The Morgan fingerprint density at radius 1 is 1.26 bits per heavy atom. The first-order chi connectivity index (χ1) is 11.3. The normalized spacial score (nSPS) is 13.7. The molecular weight excluding hydrogens is 288 g/mol. The molecule has 0 aliphatic carbocycles. The molecule has 0 fully saturated rings. The van der Waals surface area contributed by atoms with Gasteiger partial charge in [0.2, 0.25) is 0 Å². The maximum Gasteiger partial charge on any atom is 0.138 e. The van der Waals surface area contributed by atoms with Crippen molar-refractivity contribution < 1.29 is 4.74 Å². The molecule has 0 spiro atoms. The van der Waals surface area contributed by atoms with Crippen LogP contribution in [0.25, 0.3) is 0 Å². The summed E-state index contributed by atoms with van der Waals surface area (Å²) in [6.07, 6.45) is 3.25. The molecule has 5 nitrogen and oxygen atoms in total. The molecule has 0 saturated heterocycles. The van der Waals surface area contributed by atoms with E-state index in [1.807, 2.05) is 13.0 Å². The number of hydrogen-bond donors (Lipinski definition) is 1. The fourth-order valence-corrected chi connectivity index (χ4v) is 2.99. The third kappa shape index (κ3) is 3.79. The number of hydrogen-bond acceptors (Lipinski definition) is 5. The van der Waals surface area contributed by atoms with Crippen LogP contribution in [-0.2, 0) is 11.2 Å². The summed E-state index contributed by atoms with van der Waals surface area (Å²) in [7, 11) is 1.72. The first-order valence-electron chi connectivity index (χ1n) is 8.22. The summed E-state index contributed by atoms with van der Waals surface area (Å²) < 4.78 is 5.08. The van der Waals surface area contributed by atoms with E-state index >= 15 is 0 Å². The lowest BCUT2D eigenvalue weighted by Crippen LogP contribution is -2.25. The fraction of sp³-hybridized carbons (Fsp3) is 0.444. The molecule has 0 amide bonds. The lowest BCUT2D eigenvalue weighted by atomic mass is 10.0. The van der Waals surface area contributed by atoms with E-state index in [4.69, 9.17) is 4.74 Å². The van der Waals surface area contributed by atoms with Crippen molar-refractivity contribution in [3.05, 3.63) is 41.7 Å². The first-order valence-corrected chi connectivity index (χ1v) is 8.22. The zero-order chi connectivity index (χ0) is 16.1. The van der Waals surface area contributed by atoms with Gasteiger partial charge >= 0.3 is 0 Å². The van der Waals surface area contributed by atoms with Crippen molar-refractivity contribution in [3.8, 4) is 0 Å². The van der Waals surface area contributed by atoms with Crippen LogP contribution in [-0.4, -0.2) is 36.8 Å². The third-order valence-corrected chi connectivity index (χ3v) is 4.04. The van der Waals surface area contributed by atoms with Gasteiger partial charge < -0.3 is 15.0 Å². The maximum absolute atomic E-state index is 5.08. The quantitative estimate of drug-likeness (QED) is 0.829. The topological polar surface area (TPSA) is 50.3 Å². The molecule has 5 heteroatoms. The zero-order valence-electron chi connectivity index (χ0n) is 13.9. The number of nitrogens with one attached hydrogen (secondary N) is 1. The molecule has 2 aromatic rings. The number of rotatable bonds is 6. The van der Waals surface area contributed by atoms with Crippen LogP contribution >= 0.6 is 0 Å². The van der Waals surface area contributed by atoms with Gasteiger partial charge in [0, 0.05) is 38.6 Å². The number of ether oxygens (including phenoxy) is 1. The number of aryl methyl sites for hydroxylation is 2. The van der Waals surface area contributed by atoms with E-state index in [2.05, 4.69) is 44.5 Å². The van der Waals surface area contributed by atoms with Crippen molar-refractivity contribution in [2.75, 3.05) is 37.0 Å². The molecule has 0 bridgehead atoms. The highest BCUT2D eigenvalue weighted by molar-refractivity contribution is 5.67. The predicted octanol–water partition coefficient (Wildman–Crippen LogP) is 3.32. The summed E-state index contributed by atoms with van der Waals surface area (Å²) in [6.45, 7) is 4.54. The van der Waals surface area contributed by atoms with E-state index in [9.17, 15) is 0 Å². The van der Waals surface area contributed by atoms with Gasteiger partial charge in [0.15, 0.2) is 0 Å². The lowest BCUT2D eigenvalue weighted by molar-refractivity contribution is 0.198. The molecule has 1 aromatic carbocycles. The molecule has 0 radical (unpaired) electrons. The van der Waals surface area contributed by atoms with Crippen LogP contribution in [0.15, 0.2) is 30.3 Å². The van der Waals surface area contributed by atoms with Crippen molar-refractivity contribution in [2.45, 2.75) is 26.2 Å². The molecule has 1 aliphatic rings. The summed E-state index contributed by atoms with van der Waals surface area (Å²) in [5.41, 5.74) is 2.66. The van der Waals surface area contributed by atoms with Crippen LogP contribution in [0.1, 0.15) is 24.2 Å². The molecule has 0 saturated carbocycles. The summed E-state index contributed by atoms with van der Waals surface area (Å²) in [6, 6.07) is 10.6. The van der Waals surface area contributed by atoms with Crippen LogP contribution in [0.5, 0.6) is 0 Å². The third-order valence-electron chi connectivity index (χ3n) is 4.04. The van der Waals surface area contributed by atoms with E-state index < -0.39 is 0 Å². The van der Waals surface area contributed by atoms with Gasteiger partial charge in [-0.2, -0.15) is 0 Å². The summed E-state index contributed by atoms with van der Waals surface area (Å²) in [5.74, 6) is 2.64. The molecule has 122 valence electrons. The molecule has 1 aliphatic heterocycles. The minimum Gasteiger partial charge on any atom is -0.385 e. The highest BCUT2D eigenvalue weighted by Gasteiger charge is 2.19. The Bertz CT molecular complexity index is 659. The van der Waals surface area contributed by atoms with E-state index in [1.165, 1.54) is 11.3 Å². The Morgan fingerprint density at radius 3 is 3.00 bits per heavy atom. The molecule has 23 heavy (non-hydrogen) atoms. The van der Waals surface area contributed by atoms with E-state index in [0.717, 1.165) is 56.4 Å². The van der Waals surface area contributed by atoms with Gasteiger partial charge in [0.05, 0.1) is 0 Å². The second kappa shape index (κ2) is 7.42. The van der Waals surface area contributed by atoms with Crippen molar-refractivity contribution in [1.29, 1.82) is 0 Å². The van der Waals surface area contributed by atoms with Gasteiger partial charge in [-0.25, -0.2) is 9.97 Å². The van der Waals surface area contributed by atoms with Gasteiger partial charge in [-0.15, -0.1) is 0 Å². The monoisotopic (exact) mass is 312 g/mol. The summed E-state index contributed by atoms with van der Waals surface area (Å²) >= 11 is 0. The van der Waals surface area contributed by atoms with Crippen LogP contribution in [0.3, 0.4) is 0 Å². The minimum absolute atomic E-state index is 0.753. The molecule has 0 unspecified atom stereocenters. The van der Waals surface area contributed by atoms with E-state index in [0.29, 0.717) is 0 Å². The second-order valence-electron chi connectivity index (χ2n) is 5.82. The maximum atomic E-state index is 5.08. The van der Waals surface area contributed by atoms with Crippen LogP contribution in [0.2, 0.25) is 0 Å². The van der Waals surface area contributed by atoms with Gasteiger partial charge in [-0.1, -0.05) is 18.2 Å². The fourth-order valence-electron chi connectivity index (χ4n) is 2.99. The van der Waals surface area contributed by atoms with Crippen molar-refractivity contribution in [1.82, 2.24) is 9.97 Å². The number of fused-ring (bicyclic) bond motifs is 1. The largest absolute Gasteiger partial charge is 0.385 e. The van der Waals surface area contributed by atoms with Gasteiger partial charge in [0.1, 0.15) is 17.5 Å². The number of benzene rings is 1. The molecule has 0 atom stereocenters. The van der Waals surface area contributed by atoms with Crippen molar-refractivity contribution in [2.24, 2.45) is 0 Å². The molecule has 1 aromatic heterocycles. The van der Waals surface area contributed by atoms with E-state index in [1.54, 1.807) is 7.11 Å². The SMILES string of the molecule is COCCCNc1cc(N2CCCc3ccccc32)nc(C)n1. The Kier molecular flexibility index (Phi) is 5.08. The predicted molar refractivity (Wildman–Crippen MR) is 93.5 cm³/mol. The smallest absolute Gasteiger partial charge is 0.138 e. The van der Waals surface area contributed by atoms with Gasteiger partial charge in [-0.05, 0) is 37.8 Å². The van der Waals surface area contributed by atoms with Gasteiger partial charge in [-0.3, -0.25) is 0 Å². The number of methoxy groups -OCH3 is 1. The first kappa shape index (κ1) is 15.7. The van der Waals surface area contributed by atoms with Crippen LogP contribution in [0.4, 0.5) is 17.3 Å². The Balaban J connectivity index is 1.82. The Morgan fingerprint density at radius 2 is 2.13 bits per heavy atom. The van der Waals surface area contributed by atoms with Crippen LogP contribution in [0, 0.1) is 6.92 Å². The number of aromatic nitrogens is 2. The van der Waals surface area contributed by atoms with Gasteiger partial charge in [0.25, 0.3) is 0 Å². The summed E-state index contributed by atoms with van der Waals surface area (Å²) in [5, 5.41) is 3.37. The minimum atomic E-state index is 0.753. The molecule has 2 heterocycles. The highest BCUT2D eigenvalue weighted by atomic mass is 16.5. The van der Waals surface area contributed by atoms with Crippen LogP contribution < -0.4 is 10.2 Å². The number of nitrogens with zero attached hydrogens (tertiary/aromatic N) is 3. The molecule has 3 rings (SSSR count).